The number of aliphatic imine (C=N–C) groups is 1. The van der Waals surface area contributed by atoms with Crippen molar-refractivity contribution in [2.75, 3.05) is 17.2 Å². The Morgan fingerprint density at radius 2 is 1.84 bits per heavy atom. The summed E-state index contributed by atoms with van der Waals surface area (Å²) < 4.78 is 42.5. The third-order valence-corrected chi connectivity index (χ3v) is 7.47. The van der Waals surface area contributed by atoms with E-state index in [0.717, 1.165) is 34.4 Å². The third kappa shape index (κ3) is 7.41. The zero-order chi connectivity index (χ0) is 30.6. The predicted octanol–water partition coefficient (Wildman–Crippen LogP) is 6.09. The topological polar surface area (TPSA) is 102 Å². The van der Waals surface area contributed by atoms with E-state index in [0.29, 0.717) is 29.6 Å². The van der Waals surface area contributed by atoms with Crippen molar-refractivity contribution in [3.63, 3.8) is 0 Å². The SMILES string of the molecule is CCc1cc(C)ccc1N1C(=O)CS/C1=N\C(=O)NCCc1ccc(-c2ncn(-c3ccc(OC(F)(F)F)cc3)n2)cc1. The van der Waals surface area contributed by atoms with Crippen molar-refractivity contribution in [2.24, 2.45) is 4.99 Å². The number of aryl methyl sites for hydroxylation is 2. The molecule has 13 heteroatoms. The Hall–Kier alpha value is -4.65. The molecule has 0 atom stereocenters. The molecule has 0 bridgehead atoms. The highest BCUT2D eigenvalue weighted by molar-refractivity contribution is 8.15. The molecular weight excluding hydrogens is 581 g/mol. The standard InChI is InChI=1S/C30H27F3N6O3S/c1-3-21-16-19(2)4-13-25(21)39-26(40)17-43-29(39)36-28(41)34-15-14-20-5-7-22(8-6-20)27-35-18-38(37-27)23-9-11-24(12-10-23)42-30(31,32)33/h4-13,16,18H,3,14-15,17H2,1-2H3,(H,34,41)/b36-29-. The van der Waals surface area contributed by atoms with Crippen molar-refractivity contribution in [1.29, 1.82) is 0 Å². The maximum Gasteiger partial charge on any atom is 0.573 e. The second-order valence-electron chi connectivity index (χ2n) is 9.63. The Bertz CT molecular complexity index is 1650. The van der Waals surface area contributed by atoms with Crippen LogP contribution in [0.3, 0.4) is 0 Å². The molecule has 2 heterocycles. The van der Waals surface area contributed by atoms with E-state index < -0.39 is 12.4 Å². The van der Waals surface area contributed by atoms with Crippen LogP contribution < -0.4 is 15.0 Å². The fraction of sp³-hybridized carbons (Fsp3) is 0.233. The van der Waals surface area contributed by atoms with Crippen LogP contribution in [-0.4, -0.2) is 50.5 Å². The van der Waals surface area contributed by atoms with Gasteiger partial charge in [-0.3, -0.25) is 9.69 Å². The van der Waals surface area contributed by atoms with E-state index in [-0.39, 0.29) is 17.4 Å². The summed E-state index contributed by atoms with van der Waals surface area (Å²) in [6.45, 7) is 4.36. The number of halogens is 3. The lowest BCUT2D eigenvalue weighted by Crippen LogP contribution is -2.32. The monoisotopic (exact) mass is 608 g/mol. The van der Waals surface area contributed by atoms with Gasteiger partial charge in [0.1, 0.15) is 12.1 Å². The van der Waals surface area contributed by atoms with Crippen LogP contribution in [0.4, 0.5) is 23.7 Å². The van der Waals surface area contributed by atoms with Crippen molar-refractivity contribution >= 4 is 34.6 Å². The summed E-state index contributed by atoms with van der Waals surface area (Å²) in [6, 6.07) is 18.2. The van der Waals surface area contributed by atoms with E-state index in [2.05, 4.69) is 25.1 Å². The molecular formula is C30H27F3N6O3S. The van der Waals surface area contributed by atoms with Crippen LogP contribution in [0.1, 0.15) is 23.6 Å². The molecule has 1 fully saturated rings. The van der Waals surface area contributed by atoms with E-state index in [1.165, 1.54) is 51.9 Å². The molecule has 1 aliphatic heterocycles. The minimum Gasteiger partial charge on any atom is -0.406 e. The number of nitrogens with zero attached hydrogens (tertiary/aromatic N) is 5. The first kappa shape index (κ1) is 29.8. The van der Waals surface area contributed by atoms with Gasteiger partial charge in [-0.25, -0.2) is 14.5 Å². The minimum absolute atomic E-state index is 0.108. The molecule has 0 unspecified atom stereocenters. The van der Waals surface area contributed by atoms with Crippen LogP contribution in [0.25, 0.3) is 17.1 Å². The van der Waals surface area contributed by atoms with E-state index in [4.69, 9.17) is 0 Å². The number of benzene rings is 3. The molecule has 222 valence electrons. The fourth-order valence-corrected chi connectivity index (χ4v) is 5.34. The first-order chi connectivity index (χ1) is 20.6. The van der Waals surface area contributed by atoms with Crippen molar-refractivity contribution in [2.45, 2.75) is 33.1 Å². The Kier molecular flexibility index (Phi) is 8.81. The van der Waals surface area contributed by atoms with Gasteiger partial charge in [0, 0.05) is 12.1 Å². The zero-order valence-corrected chi connectivity index (χ0v) is 24.1. The van der Waals surface area contributed by atoms with E-state index in [1.54, 1.807) is 0 Å². The molecule has 3 aromatic carbocycles. The number of nitrogens with one attached hydrogen (secondary N) is 1. The number of carbonyl (C=O) groups excluding carboxylic acids is 2. The number of rotatable bonds is 8. The van der Waals surface area contributed by atoms with Crippen molar-refractivity contribution in [3.8, 4) is 22.8 Å². The summed E-state index contributed by atoms with van der Waals surface area (Å²) >= 11 is 1.24. The number of ether oxygens (including phenoxy) is 1. The fourth-order valence-electron chi connectivity index (χ4n) is 4.48. The molecule has 1 aromatic heterocycles. The number of aromatic nitrogens is 3. The second-order valence-corrected chi connectivity index (χ2v) is 10.6. The number of anilines is 1. The highest BCUT2D eigenvalue weighted by Crippen LogP contribution is 2.31. The first-order valence-electron chi connectivity index (χ1n) is 13.4. The number of amides is 3. The van der Waals surface area contributed by atoms with Gasteiger partial charge in [0.15, 0.2) is 11.0 Å². The van der Waals surface area contributed by atoms with Crippen LogP contribution in [0.5, 0.6) is 5.75 Å². The highest BCUT2D eigenvalue weighted by atomic mass is 32.2. The van der Waals surface area contributed by atoms with Gasteiger partial charge in [0.25, 0.3) is 0 Å². The number of amidine groups is 1. The average molecular weight is 609 g/mol. The Balaban J connectivity index is 1.16. The van der Waals surface area contributed by atoms with Crippen molar-refractivity contribution in [1.82, 2.24) is 20.1 Å². The van der Waals surface area contributed by atoms with Gasteiger partial charge in [-0.05, 0) is 61.2 Å². The van der Waals surface area contributed by atoms with E-state index in [9.17, 15) is 22.8 Å². The van der Waals surface area contributed by atoms with Crippen LogP contribution >= 0.6 is 11.8 Å². The maximum absolute atomic E-state index is 12.6. The molecule has 1 N–H and O–H groups in total. The van der Waals surface area contributed by atoms with Gasteiger partial charge < -0.3 is 10.1 Å². The smallest absolute Gasteiger partial charge is 0.406 e. The summed E-state index contributed by atoms with van der Waals surface area (Å²) in [4.78, 5) is 35.2. The molecule has 0 saturated carbocycles. The summed E-state index contributed by atoms with van der Waals surface area (Å²) in [5, 5.41) is 7.56. The molecule has 1 saturated heterocycles. The summed E-state index contributed by atoms with van der Waals surface area (Å²) in [5.41, 5.74) is 5.11. The Morgan fingerprint density at radius 3 is 2.53 bits per heavy atom. The van der Waals surface area contributed by atoms with Crippen LogP contribution in [-0.2, 0) is 17.6 Å². The van der Waals surface area contributed by atoms with Gasteiger partial charge in [-0.15, -0.1) is 18.3 Å². The van der Waals surface area contributed by atoms with E-state index in [1.807, 2.05) is 56.3 Å². The molecule has 0 spiro atoms. The number of urea groups is 1. The second kappa shape index (κ2) is 12.7. The molecule has 43 heavy (non-hydrogen) atoms. The third-order valence-electron chi connectivity index (χ3n) is 6.55. The first-order valence-corrected chi connectivity index (χ1v) is 14.4. The molecule has 4 aromatic rings. The summed E-state index contributed by atoms with van der Waals surface area (Å²) in [7, 11) is 0. The zero-order valence-electron chi connectivity index (χ0n) is 23.3. The van der Waals surface area contributed by atoms with Crippen molar-refractivity contribution in [3.05, 3.63) is 89.7 Å². The van der Waals surface area contributed by atoms with Crippen LogP contribution in [0.15, 0.2) is 78.0 Å². The molecule has 0 radical (unpaired) electrons. The van der Waals surface area contributed by atoms with Gasteiger partial charge in [0.2, 0.25) is 5.91 Å². The van der Waals surface area contributed by atoms with Gasteiger partial charge in [-0.1, -0.05) is 60.6 Å². The molecule has 9 nitrogen and oxygen atoms in total. The minimum atomic E-state index is -4.76. The number of alkyl halides is 3. The molecule has 5 rings (SSSR count). The molecule has 3 amide bonds. The quantitative estimate of drug-likeness (QED) is 0.260. The molecule has 0 aliphatic carbocycles. The highest BCUT2D eigenvalue weighted by Gasteiger charge is 2.32. The lowest BCUT2D eigenvalue weighted by atomic mass is 10.1. The average Bonchev–Trinajstić information content (AvgIpc) is 3.60. The van der Waals surface area contributed by atoms with Crippen LogP contribution in [0.2, 0.25) is 0 Å². The van der Waals surface area contributed by atoms with Crippen LogP contribution in [0, 0.1) is 6.92 Å². The lowest BCUT2D eigenvalue weighted by Gasteiger charge is -2.19. The van der Waals surface area contributed by atoms with Gasteiger partial charge in [-0.2, -0.15) is 4.99 Å². The number of hydrogen-bond acceptors (Lipinski definition) is 6. The number of hydrogen-bond donors (Lipinski definition) is 1. The van der Waals surface area contributed by atoms with Crippen molar-refractivity contribution < 1.29 is 27.5 Å². The maximum atomic E-state index is 12.6. The summed E-state index contributed by atoms with van der Waals surface area (Å²) in [5.74, 6) is 0.242. The Morgan fingerprint density at radius 1 is 1.09 bits per heavy atom. The number of carbonyl (C=O) groups is 2. The van der Waals surface area contributed by atoms with E-state index >= 15 is 0 Å². The Labute approximate surface area is 249 Å². The normalized spacial score (nSPS) is 14.4. The largest absolute Gasteiger partial charge is 0.573 e. The van der Waals surface area contributed by atoms with Gasteiger partial charge in [0.05, 0.1) is 17.1 Å². The predicted molar refractivity (Wildman–Crippen MR) is 159 cm³/mol. The van der Waals surface area contributed by atoms with Gasteiger partial charge >= 0.3 is 12.4 Å². The molecule has 1 aliphatic rings. The number of thioether (sulfide) groups is 1. The lowest BCUT2D eigenvalue weighted by molar-refractivity contribution is -0.274. The summed E-state index contributed by atoms with van der Waals surface area (Å²) in [6.07, 6.45) is -1.98.